The van der Waals surface area contributed by atoms with Crippen LogP contribution in [0.15, 0.2) is 40.1 Å². The van der Waals surface area contributed by atoms with Gasteiger partial charge < -0.3 is 15.6 Å². The van der Waals surface area contributed by atoms with Crippen LogP contribution in [0.1, 0.15) is 16.9 Å². The first-order valence-electron chi connectivity index (χ1n) is 7.71. The highest BCUT2D eigenvalue weighted by Gasteiger charge is 2.17. The third-order valence-electron chi connectivity index (χ3n) is 3.84. The number of nitrogen functional groups attached to an aromatic ring is 1. The molecule has 0 bridgehead atoms. The number of amides is 1. The molecule has 7 nitrogen and oxygen atoms in total. The fourth-order valence-corrected chi connectivity index (χ4v) is 3.15. The zero-order valence-electron chi connectivity index (χ0n) is 14.2. The molecule has 0 atom stereocenters. The predicted octanol–water partition coefficient (Wildman–Crippen LogP) is 2.91. The Morgan fingerprint density at radius 3 is 2.60 bits per heavy atom. The highest BCUT2D eigenvalue weighted by molar-refractivity contribution is 7.99. The molecular formula is C17H19N5O2S. The van der Waals surface area contributed by atoms with Crippen molar-refractivity contribution in [2.75, 3.05) is 16.9 Å². The topological polar surface area (TPSA) is 99.0 Å². The van der Waals surface area contributed by atoms with E-state index in [-0.39, 0.29) is 11.7 Å². The van der Waals surface area contributed by atoms with Crippen molar-refractivity contribution in [2.45, 2.75) is 25.9 Å². The molecule has 0 radical (unpaired) electrons. The van der Waals surface area contributed by atoms with Gasteiger partial charge in [-0.2, -0.15) is 0 Å². The maximum Gasteiger partial charge on any atom is 0.234 e. The van der Waals surface area contributed by atoms with Crippen LogP contribution < -0.4 is 11.2 Å². The molecule has 3 aromatic rings. The number of aryl methyl sites for hydroxylation is 3. The first kappa shape index (κ1) is 17.1. The Balaban J connectivity index is 1.67. The number of nitrogens with two attached hydrogens (primary N) is 1. The van der Waals surface area contributed by atoms with Gasteiger partial charge in [0, 0.05) is 5.69 Å². The number of carbonyl (C=O) groups excluding carboxylic acids is 1. The molecule has 3 rings (SSSR count). The van der Waals surface area contributed by atoms with Crippen LogP contribution in [0.5, 0.6) is 0 Å². The summed E-state index contributed by atoms with van der Waals surface area (Å²) in [6.07, 6.45) is 1.57. The predicted molar refractivity (Wildman–Crippen MR) is 97.9 cm³/mol. The summed E-state index contributed by atoms with van der Waals surface area (Å²) in [5.74, 6) is 7.33. The number of rotatable bonds is 5. The molecule has 0 unspecified atom stereocenters. The molecule has 0 saturated heterocycles. The van der Waals surface area contributed by atoms with E-state index in [0.717, 1.165) is 22.4 Å². The van der Waals surface area contributed by atoms with Crippen molar-refractivity contribution in [1.29, 1.82) is 0 Å². The Morgan fingerprint density at radius 2 is 1.96 bits per heavy atom. The number of thioether (sulfide) groups is 1. The van der Waals surface area contributed by atoms with Gasteiger partial charge in [-0.1, -0.05) is 30.0 Å². The first-order chi connectivity index (χ1) is 12.0. The van der Waals surface area contributed by atoms with Crippen LogP contribution >= 0.6 is 11.8 Å². The van der Waals surface area contributed by atoms with Gasteiger partial charge in [0.1, 0.15) is 5.76 Å². The summed E-state index contributed by atoms with van der Waals surface area (Å²) in [5.41, 5.74) is 3.68. The summed E-state index contributed by atoms with van der Waals surface area (Å²) < 4.78 is 6.63. The van der Waals surface area contributed by atoms with Gasteiger partial charge in [-0.05, 0) is 38.0 Å². The van der Waals surface area contributed by atoms with Gasteiger partial charge in [0.25, 0.3) is 0 Å². The molecule has 2 heterocycles. The Bertz CT molecular complexity index is 895. The quantitative estimate of drug-likeness (QED) is 0.538. The number of benzene rings is 1. The van der Waals surface area contributed by atoms with Gasteiger partial charge in [0.2, 0.25) is 11.1 Å². The van der Waals surface area contributed by atoms with E-state index in [1.807, 2.05) is 39.0 Å². The SMILES string of the molecule is Cc1cccc(C)c1NC(=O)CSc1nnc(-c2ccoc2C)n1N. The molecule has 8 heteroatoms. The van der Waals surface area contributed by atoms with Crippen LogP contribution in [0.2, 0.25) is 0 Å². The fraction of sp³-hybridized carbons (Fsp3) is 0.235. The first-order valence-corrected chi connectivity index (χ1v) is 8.69. The minimum absolute atomic E-state index is 0.119. The minimum Gasteiger partial charge on any atom is -0.469 e. The highest BCUT2D eigenvalue weighted by atomic mass is 32.2. The zero-order valence-corrected chi connectivity index (χ0v) is 15.1. The number of furan rings is 1. The third-order valence-corrected chi connectivity index (χ3v) is 4.79. The van der Waals surface area contributed by atoms with Crippen LogP contribution in [0, 0.1) is 20.8 Å². The Morgan fingerprint density at radius 1 is 1.24 bits per heavy atom. The molecule has 3 N–H and O–H groups in total. The normalized spacial score (nSPS) is 10.8. The molecule has 0 aliphatic heterocycles. The van der Waals surface area contributed by atoms with E-state index in [2.05, 4.69) is 15.5 Å². The zero-order chi connectivity index (χ0) is 18.0. The van der Waals surface area contributed by atoms with Crippen molar-refractivity contribution in [3.05, 3.63) is 47.4 Å². The van der Waals surface area contributed by atoms with Gasteiger partial charge >= 0.3 is 0 Å². The number of hydrogen-bond acceptors (Lipinski definition) is 6. The summed E-state index contributed by atoms with van der Waals surface area (Å²) in [6.45, 7) is 5.76. The van der Waals surface area contributed by atoms with Crippen LogP contribution in [-0.4, -0.2) is 26.5 Å². The molecular weight excluding hydrogens is 338 g/mol. The highest BCUT2D eigenvalue weighted by Crippen LogP contribution is 2.25. The number of carbonyl (C=O) groups is 1. The Kier molecular flexibility index (Phi) is 4.80. The molecule has 1 amide bonds. The number of nitrogens with one attached hydrogen (secondary N) is 1. The molecule has 25 heavy (non-hydrogen) atoms. The van der Waals surface area contributed by atoms with Crippen molar-refractivity contribution < 1.29 is 9.21 Å². The third kappa shape index (κ3) is 3.53. The average Bonchev–Trinajstić information content (AvgIpc) is 3.15. The van der Waals surface area contributed by atoms with Gasteiger partial charge in [0.05, 0.1) is 17.6 Å². The molecule has 0 aliphatic carbocycles. The lowest BCUT2D eigenvalue weighted by atomic mass is 10.1. The molecule has 130 valence electrons. The van der Waals surface area contributed by atoms with Gasteiger partial charge in [-0.15, -0.1) is 10.2 Å². The molecule has 1 aromatic carbocycles. The number of aromatic nitrogens is 3. The second-order valence-corrected chi connectivity index (χ2v) is 6.61. The largest absolute Gasteiger partial charge is 0.469 e. The monoisotopic (exact) mass is 357 g/mol. The summed E-state index contributed by atoms with van der Waals surface area (Å²) in [7, 11) is 0. The maximum atomic E-state index is 12.2. The molecule has 0 aliphatic rings. The van der Waals surface area contributed by atoms with E-state index >= 15 is 0 Å². The van der Waals surface area contributed by atoms with Gasteiger partial charge in [0.15, 0.2) is 5.82 Å². The molecule has 0 fully saturated rings. The van der Waals surface area contributed by atoms with Crippen LogP contribution in [0.3, 0.4) is 0 Å². The number of hydrogen-bond donors (Lipinski definition) is 2. The van der Waals surface area contributed by atoms with E-state index in [1.54, 1.807) is 12.3 Å². The van der Waals surface area contributed by atoms with Gasteiger partial charge in [-0.25, -0.2) is 4.68 Å². The maximum absolute atomic E-state index is 12.2. The van der Waals surface area contributed by atoms with E-state index < -0.39 is 0 Å². The Hall–Kier alpha value is -2.74. The summed E-state index contributed by atoms with van der Waals surface area (Å²) in [4.78, 5) is 12.2. The summed E-state index contributed by atoms with van der Waals surface area (Å²) in [5, 5.41) is 11.5. The number of anilines is 1. The van der Waals surface area contributed by atoms with Crippen LogP contribution in [-0.2, 0) is 4.79 Å². The lowest BCUT2D eigenvalue weighted by Crippen LogP contribution is -2.17. The number of nitrogens with zero attached hydrogens (tertiary/aromatic N) is 3. The van der Waals surface area contributed by atoms with E-state index in [0.29, 0.717) is 16.7 Å². The smallest absolute Gasteiger partial charge is 0.234 e. The van der Waals surface area contributed by atoms with Crippen molar-refractivity contribution in [2.24, 2.45) is 0 Å². The summed E-state index contributed by atoms with van der Waals surface area (Å²) >= 11 is 1.23. The second kappa shape index (κ2) is 7.02. The standard InChI is InChI=1S/C17H19N5O2S/c1-10-5-4-6-11(2)15(10)19-14(23)9-25-17-21-20-16(22(17)18)13-7-8-24-12(13)3/h4-8H,9,18H2,1-3H3,(H,19,23). The lowest BCUT2D eigenvalue weighted by Gasteiger charge is -2.11. The van der Waals surface area contributed by atoms with Crippen molar-refractivity contribution in [3.8, 4) is 11.4 Å². The fourth-order valence-electron chi connectivity index (χ4n) is 2.49. The lowest BCUT2D eigenvalue weighted by molar-refractivity contribution is -0.113. The Labute approximate surface area is 149 Å². The summed E-state index contributed by atoms with van der Waals surface area (Å²) in [6, 6.07) is 7.67. The van der Waals surface area contributed by atoms with E-state index in [4.69, 9.17) is 10.3 Å². The molecule has 0 saturated carbocycles. The van der Waals surface area contributed by atoms with Crippen molar-refractivity contribution in [1.82, 2.24) is 14.9 Å². The number of para-hydroxylation sites is 1. The van der Waals surface area contributed by atoms with E-state index in [1.165, 1.54) is 16.4 Å². The van der Waals surface area contributed by atoms with Gasteiger partial charge in [-0.3, -0.25) is 4.79 Å². The van der Waals surface area contributed by atoms with Crippen LogP contribution in [0.4, 0.5) is 5.69 Å². The van der Waals surface area contributed by atoms with E-state index in [9.17, 15) is 4.79 Å². The second-order valence-electron chi connectivity index (χ2n) is 5.67. The van der Waals surface area contributed by atoms with Crippen LogP contribution in [0.25, 0.3) is 11.4 Å². The molecule has 0 spiro atoms. The average molecular weight is 357 g/mol. The van der Waals surface area contributed by atoms with Crippen molar-refractivity contribution >= 4 is 23.4 Å². The molecule has 2 aromatic heterocycles. The van der Waals surface area contributed by atoms with Crippen molar-refractivity contribution in [3.63, 3.8) is 0 Å². The minimum atomic E-state index is -0.119.